The molecule has 2 aliphatic rings. The second-order valence-corrected chi connectivity index (χ2v) is 7.73. The first-order chi connectivity index (χ1) is 12.3. The topological polar surface area (TPSA) is 57.3 Å². The molecule has 2 N–H and O–H groups in total. The first-order valence-electron chi connectivity index (χ1n) is 9.06. The van der Waals surface area contributed by atoms with Gasteiger partial charge < -0.3 is 10.6 Å². The van der Waals surface area contributed by atoms with E-state index in [0.29, 0.717) is 5.13 Å². The average molecular weight is 429 g/mol. The average Bonchev–Trinajstić information content (AvgIpc) is 3.09. The lowest BCUT2D eigenvalue weighted by Crippen LogP contribution is -2.44. The van der Waals surface area contributed by atoms with Crippen LogP contribution in [0, 0.1) is 0 Å². The number of anilines is 1. The molecule has 2 aliphatic heterocycles. The molecule has 1 aromatic carbocycles. The van der Waals surface area contributed by atoms with Crippen LogP contribution in [0.1, 0.15) is 36.1 Å². The highest BCUT2D eigenvalue weighted by Crippen LogP contribution is 2.21. The van der Waals surface area contributed by atoms with Crippen molar-refractivity contribution in [3.8, 4) is 0 Å². The number of carbonyl (C=O) groups excluding carboxylic acids is 1. The molecule has 8 heteroatoms. The van der Waals surface area contributed by atoms with Gasteiger partial charge in [0.1, 0.15) is 0 Å². The second kappa shape index (κ2) is 10.4. The lowest BCUT2D eigenvalue weighted by atomic mass is 9.95. The maximum atomic E-state index is 12.6. The van der Waals surface area contributed by atoms with Crippen molar-refractivity contribution in [1.82, 2.24) is 15.2 Å². The van der Waals surface area contributed by atoms with Crippen molar-refractivity contribution in [2.24, 2.45) is 0 Å². The monoisotopic (exact) mass is 428 g/mol. The molecule has 0 aliphatic carbocycles. The number of nitrogens with zero attached hydrogens (tertiary/aromatic N) is 2. The largest absolute Gasteiger partial charge is 0.301 e. The molecule has 1 fully saturated rings. The molecule has 1 aromatic heterocycles. The van der Waals surface area contributed by atoms with Crippen LogP contribution in [0.3, 0.4) is 0 Å². The van der Waals surface area contributed by atoms with Crippen LogP contribution in [0.25, 0.3) is 0 Å². The van der Waals surface area contributed by atoms with Gasteiger partial charge in [-0.25, -0.2) is 4.98 Å². The van der Waals surface area contributed by atoms with E-state index in [9.17, 15) is 4.79 Å². The maximum Gasteiger partial charge on any atom is 0.243 e. The van der Waals surface area contributed by atoms with Crippen LogP contribution in [0.4, 0.5) is 5.13 Å². The lowest BCUT2D eigenvalue weighted by molar-refractivity contribution is -0.118. The molecule has 0 saturated carbocycles. The first-order valence-corrected chi connectivity index (χ1v) is 9.94. The molecule has 4 rings (SSSR count). The smallest absolute Gasteiger partial charge is 0.243 e. The van der Waals surface area contributed by atoms with Crippen LogP contribution >= 0.6 is 36.2 Å². The van der Waals surface area contributed by atoms with E-state index in [-0.39, 0.29) is 36.8 Å². The summed E-state index contributed by atoms with van der Waals surface area (Å²) in [6.07, 6.45) is 4.63. The zero-order valence-corrected chi connectivity index (χ0v) is 17.6. The summed E-state index contributed by atoms with van der Waals surface area (Å²) in [6, 6.07) is 8.11. The van der Waals surface area contributed by atoms with Crippen LogP contribution < -0.4 is 10.6 Å². The molecule has 148 valence electrons. The summed E-state index contributed by atoms with van der Waals surface area (Å²) in [5, 5.41) is 9.08. The second-order valence-electron chi connectivity index (χ2n) is 6.88. The quantitative estimate of drug-likeness (QED) is 0.780. The Morgan fingerprint density at radius 2 is 1.93 bits per heavy atom. The van der Waals surface area contributed by atoms with Gasteiger partial charge >= 0.3 is 0 Å². The van der Waals surface area contributed by atoms with Crippen LogP contribution in [0.15, 0.2) is 29.6 Å². The van der Waals surface area contributed by atoms with E-state index < -0.39 is 0 Å². The summed E-state index contributed by atoms with van der Waals surface area (Å²) < 4.78 is 0. The van der Waals surface area contributed by atoms with Gasteiger partial charge in [-0.15, -0.1) is 36.2 Å². The van der Waals surface area contributed by atoms with Gasteiger partial charge in [0, 0.05) is 18.5 Å². The molecule has 27 heavy (non-hydrogen) atoms. The van der Waals surface area contributed by atoms with Crippen molar-refractivity contribution in [1.29, 1.82) is 0 Å². The number of fused-ring (bicyclic) bond motifs is 1. The van der Waals surface area contributed by atoms with Crippen LogP contribution in [0.5, 0.6) is 0 Å². The van der Waals surface area contributed by atoms with Crippen LogP contribution in [0.2, 0.25) is 0 Å². The SMILES string of the molecule is Cl.Cl.O=C(Nc1nc(CN2CCCCC2)cs1)C1Cc2ccccc2CN1. The predicted octanol–water partition coefficient (Wildman–Crippen LogP) is 3.63. The number of amides is 1. The highest BCUT2D eigenvalue weighted by atomic mass is 35.5. The number of hydrogen-bond acceptors (Lipinski definition) is 5. The Kier molecular flexibility index (Phi) is 8.51. The van der Waals surface area contributed by atoms with E-state index in [1.54, 1.807) is 0 Å². The molecule has 3 heterocycles. The Morgan fingerprint density at radius 1 is 1.19 bits per heavy atom. The zero-order valence-electron chi connectivity index (χ0n) is 15.1. The highest BCUT2D eigenvalue weighted by Gasteiger charge is 2.24. The van der Waals surface area contributed by atoms with Gasteiger partial charge in [-0.3, -0.25) is 9.69 Å². The van der Waals surface area contributed by atoms with Crippen molar-refractivity contribution >= 4 is 47.2 Å². The fourth-order valence-electron chi connectivity index (χ4n) is 3.62. The highest BCUT2D eigenvalue weighted by molar-refractivity contribution is 7.13. The van der Waals surface area contributed by atoms with Gasteiger partial charge in [0.2, 0.25) is 5.91 Å². The fourth-order valence-corrected chi connectivity index (χ4v) is 4.32. The minimum Gasteiger partial charge on any atom is -0.301 e. The van der Waals surface area contributed by atoms with Gasteiger partial charge in [-0.2, -0.15) is 0 Å². The molecule has 1 unspecified atom stereocenters. The van der Waals surface area contributed by atoms with E-state index in [4.69, 9.17) is 0 Å². The van der Waals surface area contributed by atoms with Gasteiger partial charge in [0.05, 0.1) is 11.7 Å². The molecular formula is C19H26Cl2N4OS. The van der Waals surface area contributed by atoms with Gasteiger partial charge in [0.15, 0.2) is 5.13 Å². The number of rotatable bonds is 4. The van der Waals surface area contributed by atoms with Crippen LogP contribution in [-0.2, 0) is 24.3 Å². The minimum atomic E-state index is -0.190. The number of nitrogens with one attached hydrogen (secondary N) is 2. The number of aromatic nitrogens is 1. The molecule has 0 bridgehead atoms. The normalized spacial score (nSPS) is 19.3. The number of likely N-dealkylation sites (tertiary alicyclic amines) is 1. The number of carbonyl (C=O) groups is 1. The Labute approximate surface area is 176 Å². The third-order valence-corrected chi connectivity index (χ3v) is 5.82. The Hall–Kier alpha value is -1.18. The van der Waals surface area contributed by atoms with E-state index in [0.717, 1.165) is 38.3 Å². The number of benzene rings is 1. The van der Waals surface area contributed by atoms with E-state index >= 15 is 0 Å². The van der Waals surface area contributed by atoms with E-state index in [1.165, 1.54) is 41.7 Å². The molecule has 2 aromatic rings. The number of hydrogen-bond donors (Lipinski definition) is 2. The molecular weight excluding hydrogens is 403 g/mol. The van der Waals surface area contributed by atoms with Crippen molar-refractivity contribution < 1.29 is 4.79 Å². The Balaban J connectivity index is 0.00000131. The summed E-state index contributed by atoms with van der Waals surface area (Å²) in [5.41, 5.74) is 3.60. The number of piperidine rings is 1. The molecule has 5 nitrogen and oxygen atoms in total. The van der Waals surface area contributed by atoms with Gasteiger partial charge in [-0.05, 0) is 43.5 Å². The summed E-state index contributed by atoms with van der Waals surface area (Å²) in [4.78, 5) is 19.6. The number of thiazole rings is 1. The summed E-state index contributed by atoms with van der Waals surface area (Å²) >= 11 is 1.52. The van der Waals surface area contributed by atoms with Crippen molar-refractivity contribution in [3.05, 3.63) is 46.5 Å². The summed E-state index contributed by atoms with van der Waals surface area (Å²) in [6.45, 7) is 3.95. The third kappa shape index (κ3) is 5.65. The van der Waals surface area contributed by atoms with Crippen molar-refractivity contribution in [2.75, 3.05) is 18.4 Å². The predicted molar refractivity (Wildman–Crippen MR) is 115 cm³/mol. The van der Waals surface area contributed by atoms with E-state index in [2.05, 4.69) is 38.0 Å². The lowest BCUT2D eigenvalue weighted by Gasteiger charge is -2.25. The van der Waals surface area contributed by atoms with E-state index in [1.807, 2.05) is 12.1 Å². The maximum absolute atomic E-state index is 12.6. The van der Waals surface area contributed by atoms with Gasteiger partial charge in [-0.1, -0.05) is 30.7 Å². The first kappa shape index (κ1) is 22.1. The number of halogens is 2. The minimum absolute atomic E-state index is 0. The fraction of sp³-hybridized carbons (Fsp3) is 0.474. The van der Waals surface area contributed by atoms with Crippen LogP contribution in [-0.4, -0.2) is 34.9 Å². The van der Waals surface area contributed by atoms with Crippen molar-refractivity contribution in [3.63, 3.8) is 0 Å². The third-order valence-electron chi connectivity index (χ3n) is 5.01. The molecule has 0 spiro atoms. The van der Waals surface area contributed by atoms with Gasteiger partial charge in [0.25, 0.3) is 0 Å². The molecule has 1 atom stereocenters. The molecule has 1 amide bonds. The summed E-state index contributed by atoms with van der Waals surface area (Å²) in [7, 11) is 0. The van der Waals surface area contributed by atoms with Crippen molar-refractivity contribution in [2.45, 2.75) is 44.8 Å². The Bertz CT molecular complexity index is 749. The molecule has 1 saturated heterocycles. The molecule has 0 radical (unpaired) electrons. The standard InChI is InChI=1S/C19H24N4OS.2ClH/c24-18(17-10-14-6-2-3-7-15(14)11-20-17)22-19-21-16(13-25-19)12-23-8-4-1-5-9-23;;/h2-3,6-7,13,17,20H,1,4-5,8-12H2,(H,21,22,24);2*1H. The summed E-state index contributed by atoms with van der Waals surface area (Å²) in [5.74, 6) is 0.00776. The Morgan fingerprint density at radius 3 is 2.70 bits per heavy atom. The zero-order chi connectivity index (χ0) is 17.1.